The highest BCUT2D eigenvalue weighted by molar-refractivity contribution is 8.00. The van der Waals surface area contributed by atoms with Crippen LogP contribution < -0.4 is 15.4 Å². The van der Waals surface area contributed by atoms with Crippen LogP contribution in [0.1, 0.15) is 37.6 Å². The van der Waals surface area contributed by atoms with Gasteiger partial charge in [0.1, 0.15) is 5.75 Å². The molecule has 27 heavy (non-hydrogen) atoms. The molecule has 0 heterocycles. The lowest BCUT2D eigenvalue weighted by molar-refractivity contribution is -0.115. The fourth-order valence-electron chi connectivity index (χ4n) is 2.34. The van der Waals surface area contributed by atoms with Gasteiger partial charge < -0.3 is 15.4 Å². The lowest BCUT2D eigenvalue weighted by Crippen LogP contribution is -2.33. The summed E-state index contributed by atoms with van der Waals surface area (Å²) in [7, 11) is 1.62. The molecule has 0 fully saturated rings. The number of carbonyl (C=O) groups is 2. The quantitative estimate of drug-likeness (QED) is 0.662. The Morgan fingerprint density at radius 1 is 1.07 bits per heavy atom. The van der Waals surface area contributed by atoms with Crippen molar-refractivity contribution in [2.45, 2.75) is 43.4 Å². The number of anilines is 1. The van der Waals surface area contributed by atoms with E-state index in [1.54, 1.807) is 31.4 Å². The molecular formula is C21H26N2O3S. The highest BCUT2D eigenvalue weighted by Crippen LogP contribution is 2.26. The number of amides is 2. The maximum absolute atomic E-state index is 12.6. The highest BCUT2D eigenvalue weighted by Gasteiger charge is 2.18. The van der Waals surface area contributed by atoms with Gasteiger partial charge in [-0.25, -0.2) is 0 Å². The first-order valence-electron chi connectivity index (χ1n) is 8.96. The fraction of sp³-hybridized carbons (Fsp3) is 0.333. The number of carbonyl (C=O) groups excluding carboxylic acids is 2. The van der Waals surface area contributed by atoms with Gasteiger partial charge in [-0.1, -0.05) is 19.1 Å². The molecule has 2 N–H and O–H groups in total. The smallest absolute Gasteiger partial charge is 0.253 e. The second kappa shape index (κ2) is 10.0. The molecule has 0 bridgehead atoms. The van der Waals surface area contributed by atoms with Gasteiger partial charge in [0.05, 0.1) is 23.6 Å². The Balaban J connectivity index is 2.04. The largest absolute Gasteiger partial charge is 0.497 e. The number of hydrogen-bond donors (Lipinski definition) is 2. The van der Waals surface area contributed by atoms with Crippen LogP contribution in [0.3, 0.4) is 0 Å². The average molecular weight is 387 g/mol. The molecule has 0 radical (unpaired) electrons. The van der Waals surface area contributed by atoms with Crippen LogP contribution in [0.25, 0.3) is 0 Å². The Labute approximate surface area is 164 Å². The number of methoxy groups -OCH3 is 1. The van der Waals surface area contributed by atoms with Crippen molar-refractivity contribution < 1.29 is 14.3 Å². The molecule has 0 unspecified atom stereocenters. The molecule has 0 spiro atoms. The van der Waals surface area contributed by atoms with E-state index in [0.717, 1.165) is 17.1 Å². The molecule has 0 saturated heterocycles. The van der Waals surface area contributed by atoms with Gasteiger partial charge in [-0.05, 0) is 56.7 Å². The van der Waals surface area contributed by atoms with E-state index < -0.39 is 0 Å². The Morgan fingerprint density at radius 2 is 1.74 bits per heavy atom. The predicted molar refractivity (Wildman–Crippen MR) is 111 cm³/mol. The van der Waals surface area contributed by atoms with Gasteiger partial charge in [0.25, 0.3) is 5.91 Å². The van der Waals surface area contributed by atoms with E-state index in [9.17, 15) is 9.59 Å². The van der Waals surface area contributed by atoms with E-state index in [2.05, 4.69) is 10.6 Å². The molecule has 0 aromatic heterocycles. The van der Waals surface area contributed by atoms with E-state index in [-0.39, 0.29) is 23.1 Å². The van der Waals surface area contributed by atoms with Crippen molar-refractivity contribution in [2.75, 3.05) is 12.4 Å². The minimum Gasteiger partial charge on any atom is -0.497 e. The summed E-state index contributed by atoms with van der Waals surface area (Å²) in [4.78, 5) is 26.0. The normalized spacial score (nSPS) is 12.7. The van der Waals surface area contributed by atoms with Crippen LogP contribution in [-0.4, -0.2) is 30.2 Å². The second-order valence-corrected chi connectivity index (χ2v) is 7.67. The van der Waals surface area contributed by atoms with Crippen molar-refractivity contribution in [1.82, 2.24) is 5.32 Å². The van der Waals surface area contributed by atoms with Crippen LogP contribution in [0.4, 0.5) is 5.69 Å². The van der Waals surface area contributed by atoms with E-state index >= 15 is 0 Å². The Morgan fingerprint density at radius 3 is 2.37 bits per heavy atom. The molecule has 6 heteroatoms. The second-order valence-electron chi connectivity index (χ2n) is 6.25. The van der Waals surface area contributed by atoms with Crippen LogP contribution in [0.5, 0.6) is 5.75 Å². The summed E-state index contributed by atoms with van der Waals surface area (Å²) in [5.41, 5.74) is 0.985. The monoisotopic (exact) mass is 386 g/mol. The van der Waals surface area contributed by atoms with Gasteiger partial charge in [-0.15, -0.1) is 11.8 Å². The summed E-state index contributed by atoms with van der Waals surface area (Å²) >= 11 is 1.45. The lowest BCUT2D eigenvalue weighted by atomic mass is 10.1. The molecule has 2 atom stereocenters. The number of benzene rings is 2. The molecule has 144 valence electrons. The molecule has 5 nitrogen and oxygen atoms in total. The third-order valence-electron chi connectivity index (χ3n) is 4.16. The molecule has 0 aliphatic carbocycles. The zero-order chi connectivity index (χ0) is 19.8. The summed E-state index contributed by atoms with van der Waals surface area (Å²) in [6, 6.07) is 14.7. The van der Waals surface area contributed by atoms with Gasteiger partial charge in [0, 0.05) is 10.9 Å². The van der Waals surface area contributed by atoms with Crippen LogP contribution in [0.15, 0.2) is 53.4 Å². The SMILES string of the molecule is CC[C@@H](C)NC(=O)c1ccccc1NC(=O)[C@H](C)Sc1ccc(OC)cc1. The third-order valence-corrected chi connectivity index (χ3v) is 5.27. The van der Waals surface area contributed by atoms with Gasteiger partial charge in [-0.2, -0.15) is 0 Å². The Kier molecular flexibility index (Phi) is 7.73. The van der Waals surface area contributed by atoms with Crippen LogP contribution in [-0.2, 0) is 4.79 Å². The van der Waals surface area contributed by atoms with Gasteiger partial charge >= 0.3 is 0 Å². The van der Waals surface area contributed by atoms with Crippen molar-refractivity contribution in [3.63, 3.8) is 0 Å². The van der Waals surface area contributed by atoms with Crippen LogP contribution in [0, 0.1) is 0 Å². The standard InChI is InChI=1S/C21H26N2O3S/c1-5-14(2)22-21(25)18-8-6-7-9-19(18)23-20(24)15(3)27-17-12-10-16(26-4)11-13-17/h6-15H,5H2,1-4H3,(H,22,25)(H,23,24)/t14-,15+/m1/s1. The van der Waals surface area contributed by atoms with E-state index in [1.165, 1.54) is 11.8 Å². The van der Waals surface area contributed by atoms with Crippen molar-refractivity contribution in [1.29, 1.82) is 0 Å². The number of nitrogens with one attached hydrogen (secondary N) is 2. The third kappa shape index (κ3) is 6.03. The summed E-state index contributed by atoms with van der Waals surface area (Å²) in [6.45, 7) is 5.80. The number of para-hydroxylation sites is 1. The molecule has 2 aromatic carbocycles. The molecule has 0 aliphatic rings. The molecule has 2 aromatic rings. The molecule has 0 aliphatic heterocycles. The van der Waals surface area contributed by atoms with Crippen LogP contribution >= 0.6 is 11.8 Å². The zero-order valence-corrected chi connectivity index (χ0v) is 16.9. The van der Waals surface area contributed by atoms with Crippen molar-refractivity contribution >= 4 is 29.3 Å². The number of ether oxygens (including phenoxy) is 1. The van der Waals surface area contributed by atoms with E-state index in [4.69, 9.17) is 4.74 Å². The van der Waals surface area contributed by atoms with Gasteiger partial charge in [-0.3, -0.25) is 9.59 Å². The number of rotatable bonds is 8. The maximum Gasteiger partial charge on any atom is 0.253 e. The Hall–Kier alpha value is -2.47. The molecule has 2 amide bonds. The van der Waals surface area contributed by atoms with Gasteiger partial charge in [0.15, 0.2) is 0 Å². The first-order chi connectivity index (χ1) is 12.9. The minimum absolute atomic E-state index is 0.0748. The molecule has 0 saturated carbocycles. The summed E-state index contributed by atoms with van der Waals surface area (Å²) in [5, 5.41) is 5.50. The van der Waals surface area contributed by atoms with Crippen molar-refractivity contribution in [3.05, 3.63) is 54.1 Å². The summed E-state index contributed by atoms with van der Waals surface area (Å²) < 4.78 is 5.15. The maximum atomic E-state index is 12.6. The fourth-order valence-corrected chi connectivity index (χ4v) is 3.21. The van der Waals surface area contributed by atoms with E-state index in [0.29, 0.717) is 11.3 Å². The molecular weight excluding hydrogens is 360 g/mol. The minimum atomic E-state index is -0.316. The topological polar surface area (TPSA) is 67.4 Å². The summed E-state index contributed by atoms with van der Waals surface area (Å²) in [5.74, 6) is 0.438. The first-order valence-corrected chi connectivity index (χ1v) is 9.84. The number of hydrogen-bond acceptors (Lipinski definition) is 4. The lowest BCUT2D eigenvalue weighted by Gasteiger charge is -2.16. The summed E-state index contributed by atoms with van der Waals surface area (Å²) in [6.07, 6.45) is 0.843. The van der Waals surface area contributed by atoms with E-state index in [1.807, 2.05) is 45.0 Å². The molecule has 2 rings (SSSR count). The highest BCUT2D eigenvalue weighted by atomic mass is 32.2. The number of thioether (sulfide) groups is 1. The van der Waals surface area contributed by atoms with Crippen molar-refractivity contribution in [3.8, 4) is 5.75 Å². The van der Waals surface area contributed by atoms with Gasteiger partial charge in [0.2, 0.25) is 5.91 Å². The Bertz CT molecular complexity index is 777. The van der Waals surface area contributed by atoms with Crippen molar-refractivity contribution in [2.24, 2.45) is 0 Å². The predicted octanol–water partition coefficient (Wildman–Crippen LogP) is 4.34. The zero-order valence-electron chi connectivity index (χ0n) is 16.1. The average Bonchev–Trinajstić information content (AvgIpc) is 2.68. The van der Waals surface area contributed by atoms with Crippen LogP contribution in [0.2, 0.25) is 0 Å². The first kappa shape index (κ1) is 20.8.